The van der Waals surface area contributed by atoms with E-state index in [9.17, 15) is 18.0 Å². The number of rotatable bonds is 8. The molecule has 0 aliphatic carbocycles. The first-order chi connectivity index (χ1) is 12.3. The molecule has 0 atom stereocenters. The highest BCUT2D eigenvalue weighted by molar-refractivity contribution is 5.93. The van der Waals surface area contributed by atoms with E-state index in [1.165, 1.54) is 16.8 Å². The largest absolute Gasteiger partial charge is 0.573 e. The van der Waals surface area contributed by atoms with Crippen molar-refractivity contribution in [3.8, 4) is 11.4 Å². The molecule has 0 saturated carbocycles. The average molecular weight is 371 g/mol. The molecule has 0 radical (unpaired) electrons. The van der Waals surface area contributed by atoms with E-state index in [-0.39, 0.29) is 5.56 Å². The van der Waals surface area contributed by atoms with Crippen LogP contribution >= 0.6 is 0 Å². The lowest BCUT2D eigenvalue weighted by Gasteiger charge is -2.13. The molecule has 1 aromatic heterocycles. The molecule has 0 bridgehead atoms. The summed E-state index contributed by atoms with van der Waals surface area (Å²) in [5.41, 5.74) is 0.811. The van der Waals surface area contributed by atoms with Gasteiger partial charge in [0.2, 0.25) is 0 Å². The van der Waals surface area contributed by atoms with Gasteiger partial charge in [-0.05, 0) is 31.0 Å². The number of benzene rings is 1. The normalized spacial score (nSPS) is 11.4. The standard InChI is InChI=1S/C17H20F3N3O3/c1-3-4-5-6-7-12-11-23(22-21-12)13-8-9-15(26-17(18,19)20)14(10-13)16(24)25-2/h8-11H,3-7H2,1-2H3. The Bertz CT molecular complexity index is 744. The number of hydrogen-bond donors (Lipinski definition) is 0. The molecule has 6 nitrogen and oxygen atoms in total. The van der Waals surface area contributed by atoms with E-state index in [4.69, 9.17) is 0 Å². The number of carbonyl (C=O) groups excluding carboxylic acids is 1. The third-order valence-corrected chi connectivity index (χ3v) is 3.69. The highest BCUT2D eigenvalue weighted by Gasteiger charge is 2.33. The van der Waals surface area contributed by atoms with Crippen LogP contribution in [0.15, 0.2) is 24.4 Å². The molecule has 26 heavy (non-hydrogen) atoms. The summed E-state index contributed by atoms with van der Waals surface area (Å²) in [6.07, 6.45) is 1.90. The zero-order valence-corrected chi connectivity index (χ0v) is 14.5. The second-order valence-electron chi connectivity index (χ2n) is 5.68. The maximum Gasteiger partial charge on any atom is 0.573 e. The predicted molar refractivity (Wildman–Crippen MR) is 87.2 cm³/mol. The van der Waals surface area contributed by atoms with Crippen molar-refractivity contribution in [2.45, 2.75) is 45.4 Å². The van der Waals surface area contributed by atoms with E-state index in [1.807, 2.05) is 0 Å². The van der Waals surface area contributed by atoms with Crippen molar-refractivity contribution in [1.29, 1.82) is 0 Å². The van der Waals surface area contributed by atoms with Crippen LogP contribution in [0.4, 0.5) is 13.2 Å². The number of ether oxygens (including phenoxy) is 2. The second-order valence-corrected chi connectivity index (χ2v) is 5.68. The van der Waals surface area contributed by atoms with E-state index in [0.29, 0.717) is 5.69 Å². The van der Waals surface area contributed by atoms with E-state index in [0.717, 1.165) is 51.0 Å². The van der Waals surface area contributed by atoms with Gasteiger partial charge in [-0.15, -0.1) is 18.3 Å². The lowest BCUT2D eigenvalue weighted by molar-refractivity contribution is -0.274. The van der Waals surface area contributed by atoms with Crippen LogP contribution in [0, 0.1) is 0 Å². The maximum atomic E-state index is 12.5. The first kappa shape index (κ1) is 19.7. The van der Waals surface area contributed by atoms with Gasteiger partial charge in [-0.2, -0.15) is 0 Å². The van der Waals surface area contributed by atoms with Crippen molar-refractivity contribution in [1.82, 2.24) is 15.0 Å². The molecule has 0 amide bonds. The van der Waals surface area contributed by atoms with Crippen LogP contribution in [0.5, 0.6) is 5.75 Å². The second kappa shape index (κ2) is 8.68. The van der Waals surface area contributed by atoms with Gasteiger partial charge in [0.05, 0.1) is 24.7 Å². The molecule has 0 aliphatic heterocycles. The summed E-state index contributed by atoms with van der Waals surface area (Å²) in [6, 6.07) is 3.64. The highest BCUT2D eigenvalue weighted by Crippen LogP contribution is 2.28. The van der Waals surface area contributed by atoms with Gasteiger partial charge in [0.15, 0.2) is 0 Å². The van der Waals surface area contributed by atoms with Gasteiger partial charge in [0.1, 0.15) is 11.3 Å². The molecule has 0 aliphatic rings. The Balaban J connectivity index is 2.22. The molecule has 1 heterocycles. The molecule has 0 fully saturated rings. The number of aryl methyl sites for hydroxylation is 1. The van der Waals surface area contributed by atoms with E-state index >= 15 is 0 Å². The Hall–Kier alpha value is -2.58. The summed E-state index contributed by atoms with van der Waals surface area (Å²) in [5.74, 6) is -1.57. The van der Waals surface area contributed by atoms with Gasteiger partial charge in [0, 0.05) is 0 Å². The number of halogens is 3. The first-order valence-electron chi connectivity index (χ1n) is 8.23. The number of unbranched alkanes of at least 4 members (excludes halogenated alkanes) is 3. The summed E-state index contributed by atoms with van der Waals surface area (Å²) in [4.78, 5) is 11.8. The molecular formula is C17H20F3N3O3. The number of alkyl halides is 3. The van der Waals surface area contributed by atoms with E-state index < -0.39 is 18.1 Å². The Labute approximate surface area is 148 Å². The zero-order valence-electron chi connectivity index (χ0n) is 14.5. The summed E-state index contributed by atoms with van der Waals surface area (Å²) in [6.45, 7) is 2.13. The monoisotopic (exact) mass is 371 g/mol. The van der Waals surface area contributed by atoms with Gasteiger partial charge in [-0.1, -0.05) is 31.4 Å². The van der Waals surface area contributed by atoms with Crippen LogP contribution in [0.2, 0.25) is 0 Å². The van der Waals surface area contributed by atoms with Crippen LogP contribution in [-0.2, 0) is 11.2 Å². The molecule has 1 aromatic carbocycles. The summed E-state index contributed by atoms with van der Waals surface area (Å²) >= 11 is 0. The Kier molecular flexibility index (Phi) is 6.59. The van der Waals surface area contributed by atoms with Crippen molar-refractivity contribution in [2.24, 2.45) is 0 Å². The fraction of sp³-hybridized carbons (Fsp3) is 0.471. The van der Waals surface area contributed by atoms with Crippen LogP contribution in [0.3, 0.4) is 0 Å². The zero-order chi connectivity index (χ0) is 19.2. The molecule has 0 spiro atoms. The number of hydrogen-bond acceptors (Lipinski definition) is 5. The lowest BCUT2D eigenvalue weighted by Crippen LogP contribution is -2.19. The third-order valence-electron chi connectivity index (χ3n) is 3.69. The third kappa shape index (κ3) is 5.47. The van der Waals surface area contributed by atoms with Gasteiger partial charge >= 0.3 is 12.3 Å². The first-order valence-corrected chi connectivity index (χ1v) is 8.23. The molecule has 0 N–H and O–H groups in total. The quantitative estimate of drug-likeness (QED) is 0.517. The molecule has 0 unspecified atom stereocenters. The summed E-state index contributed by atoms with van der Waals surface area (Å²) < 4.78 is 47.3. The van der Waals surface area contributed by atoms with Gasteiger partial charge in [0.25, 0.3) is 0 Å². The Morgan fingerprint density at radius 2 is 2.00 bits per heavy atom. The van der Waals surface area contributed by atoms with Crippen LogP contribution in [0.1, 0.15) is 48.7 Å². The number of carbonyl (C=O) groups is 1. The summed E-state index contributed by atoms with van der Waals surface area (Å²) in [5, 5.41) is 8.02. The lowest BCUT2D eigenvalue weighted by atomic mass is 10.1. The SMILES string of the molecule is CCCCCCc1cn(-c2ccc(OC(F)(F)F)c(C(=O)OC)c2)nn1. The minimum atomic E-state index is -4.91. The van der Waals surface area contributed by atoms with Gasteiger partial charge in [-0.3, -0.25) is 0 Å². The van der Waals surface area contributed by atoms with Gasteiger partial charge < -0.3 is 9.47 Å². The number of methoxy groups -OCH3 is 1. The molecule has 0 saturated heterocycles. The number of aromatic nitrogens is 3. The summed E-state index contributed by atoms with van der Waals surface area (Å²) in [7, 11) is 1.08. The fourth-order valence-electron chi connectivity index (χ4n) is 2.42. The molecule has 2 rings (SSSR count). The van der Waals surface area contributed by atoms with Crippen molar-refractivity contribution in [3.63, 3.8) is 0 Å². The van der Waals surface area contributed by atoms with Crippen molar-refractivity contribution >= 4 is 5.97 Å². The maximum absolute atomic E-state index is 12.5. The van der Waals surface area contributed by atoms with Crippen molar-refractivity contribution in [2.75, 3.05) is 7.11 Å². The fourth-order valence-corrected chi connectivity index (χ4v) is 2.42. The van der Waals surface area contributed by atoms with Crippen LogP contribution < -0.4 is 4.74 Å². The Morgan fingerprint density at radius 3 is 2.65 bits per heavy atom. The molecule has 142 valence electrons. The predicted octanol–water partition coefficient (Wildman–Crippen LogP) is 4.08. The topological polar surface area (TPSA) is 66.2 Å². The van der Waals surface area contributed by atoms with Crippen LogP contribution in [0.25, 0.3) is 5.69 Å². The van der Waals surface area contributed by atoms with E-state index in [2.05, 4.69) is 26.7 Å². The number of esters is 1. The average Bonchev–Trinajstić information content (AvgIpc) is 3.06. The molecule has 9 heteroatoms. The van der Waals surface area contributed by atoms with Crippen molar-refractivity contribution < 1.29 is 27.4 Å². The molecule has 2 aromatic rings. The minimum absolute atomic E-state index is 0.345. The van der Waals surface area contributed by atoms with Crippen LogP contribution in [-0.4, -0.2) is 34.4 Å². The highest BCUT2D eigenvalue weighted by atomic mass is 19.4. The smallest absolute Gasteiger partial charge is 0.465 e. The minimum Gasteiger partial charge on any atom is -0.465 e. The van der Waals surface area contributed by atoms with E-state index in [1.54, 1.807) is 6.20 Å². The Morgan fingerprint density at radius 1 is 1.23 bits per heavy atom. The molecular weight excluding hydrogens is 351 g/mol. The van der Waals surface area contributed by atoms with Crippen molar-refractivity contribution in [3.05, 3.63) is 35.7 Å². The van der Waals surface area contributed by atoms with Gasteiger partial charge in [-0.25, -0.2) is 9.48 Å². The number of nitrogens with zero attached hydrogens (tertiary/aromatic N) is 3.